The monoisotopic (exact) mass is 633 g/mol. The first-order chi connectivity index (χ1) is 22.3. The molecule has 248 valence electrons. The molecule has 1 aliphatic rings. The third-order valence-corrected chi connectivity index (χ3v) is 7.45. The summed E-state index contributed by atoms with van der Waals surface area (Å²) in [6, 6.07) is 12.8. The number of methoxy groups -OCH3 is 1. The fraction of sp³-hybridized carbons (Fsp3) is 0.457. The van der Waals surface area contributed by atoms with Crippen LogP contribution in [-0.2, 0) is 25.4 Å². The number of esters is 1. The van der Waals surface area contributed by atoms with Gasteiger partial charge in [-0.3, -0.25) is 14.5 Å². The smallest absolute Gasteiger partial charge is 0.435 e. The zero-order valence-corrected chi connectivity index (χ0v) is 27.2. The number of nitrogens with one attached hydrogen (secondary N) is 1. The SMILES string of the molecule is CCCCCCOC(=O)/N=C(\N)C1=CC=C(NCCc2cccc(C(=O)N(CCC(=O)OC[C@@H](C)OC)c3ccccn3)c2)CC1. The molecule has 1 heterocycles. The Labute approximate surface area is 271 Å². The lowest BCUT2D eigenvalue weighted by molar-refractivity contribution is -0.146. The highest BCUT2D eigenvalue weighted by Gasteiger charge is 2.21. The van der Waals surface area contributed by atoms with Crippen LogP contribution in [0.2, 0.25) is 0 Å². The number of amidine groups is 1. The molecule has 3 N–H and O–H groups in total. The Morgan fingerprint density at radius 2 is 1.91 bits per heavy atom. The van der Waals surface area contributed by atoms with Gasteiger partial charge in [0.1, 0.15) is 18.3 Å². The summed E-state index contributed by atoms with van der Waals surface area (Å²) in [5, 5.41) is 3.45. The number of hydrogen-bond donors (Lipinski definition) is 2. The lowest BCUT2D eigenvalue weighted by Gasteiger charge is -2.22. The number of amides is 2. The van der Waals surface area contributed by atoms with Crippen molar-refractivity contribution in [2.24, 2.45) is 10.7 Å². The van der Waals surface area contributed by atoms with Gasteiger partial charge in [0, 0.05) is 37.7 Å². The van der Waals surface area contributed by atoms with Gasteiger partial charge in [-0.2, -0.15) is 4.99 Å². The number of ether oxygens (including phenoxy) is 3. The van der Waals surface area contributed by atoms with Gasteiger partial charge >= 0.3 is 12.1 Å². The van der Waals surface area contributed by atoms with Gasteiger partial charge in [-0.15, -0.1) is 0 Å². The Bertz CT molecular complexity index is 1370. The predicted octanol–water partition coefficient (Wildman–Crippen LogP) is 5.51. The predicted molar refractivity (Wildman–Crippen MR) is 179 cm³/mol. The van der Waals surface area contributed by atoms with Crippen molar-refractivity contribution in [3.63, 3.8) is 0 Å². The molecule has 3 rings (SSSR count). The summed E-state index contributed by atoms with van der Waals surface area (Å²) in [5.41, 5.74) is 9.40. The Balaban J connectivity index is 1.54. The molecule has 0 fully saturated rings. The number of aromatic nitrogens is 1. The largest absolute Gasteiger partial charge is 0.463 e. The van der Waals surface area contributed by atoms with E-state index in [2.05, 4.69) is 22.2 Å². The number of anilines is 1. The molecule has 0 saturated heterocycles. The van der Waals surface area contributed by atoms with Crippen molar-refractivity contribution < 1.29 is 28.6 Å². The molecule has 11 heteroatoms. The maximum Gasteiger partial charge on any atom is 0.435 e. The number of pyridine rings is 1. The standard InChI is InChI=1S/C35H47N5O6/c1-4-5-6-9-23-45-35(43)39-33(36)28-14-16-30(17-15-28)37-21-18-27-11-10-12-29(24-27)34(42)40(31-13-7-8-20-38-31)22-19-32(41)46-25-26(2)44-3/h7-8,10-14,16,20,24,26,37H,4-6,9,15,17-19,21-23,25H2,1-3H3,(H2,36,39,43)/t26-/m1/s1. The highest BCUT2D eigenvalue weighted by atomic mass is 16.6. The Morgan fingerprint density at radius 1 is 1.07 bits per heavy atom. The highest BCUT2D eigenvalue weighted by molar-refractivity contribution is 6.06. The van der Waals surface area contributed by atoms with E-state index < -0.39 is 12.1 Å². The number of nitrogens with two attached hydrogens (primary N) is 1. The number of rotatable bonds is 18. The van der Waals surface area contributed by atoms with Gasteiger partial charge < -0.3 is 25.3 Å². The van der Waals surface area contributed by atoms with Gasteiger partial charge in [-0.1, -0.05) is 50.5 Å². The van der Waals surface area contributed by atoms with Gasteiger partial charge in [0.15, 0.2) is 0 Å². The Hall–Kier alpha value is -4.51. The van der Waals surface area contributed by atoms with Crippen LogP contribution in [0.15, 0.2) is 77.1 Å². The van der Waals surface area contributed by atoms with Crippen LogP contribution in [0.5, 0.6) is 0 Å². The van der Waals surface area contributed by atoms with Crippen molar-refractivity contribution in [1.29, 1.82) is 0 Å². The fourth-order valence-electron chi connectivity index (χ4n) is 4.66. The molecule has 0 spiro atoms. The fourth-order valence-corrected chi connectivity index (χ4v) is 4.66. The molecular weight excluding hydrogens is 586 g/mol. The number of nitrogens with zero attached hydrogens (tertiary/aromatic N) is 3. The molecular formula is C35H47N5O6. The van der Waals surface area contributed by atoms with E-state index in [9.17, 15) is 14.4 Å². The van der Waals surface area contributed by atoms with Gasteiger partial charge in [0.25, 0.3) is 5.91 Å². The first-order valence-corrected chi connectivity index (χ1v) is 16.0. The van der Waals surface area contributed by atoms with Gasteiger partial charge in [-0.05, 0) is 74.1 Å². The summed E-state index contributed by atoms with van der Waals surface area (Å²) >= 11 is 0. The van der Waals surface area contributed by atoms with Crippen molar-refractivity contribution in [1.82, 2.24) is 10.3 Å². The molecule has 1 aliphatic carbocycles. The van der Waals surface area contributed by atoms with Crippen LogP contribution in [0.1, 0.15) is 74.7 Å². The zero-order valence-electron chi connectivity index (χ0n) is 27.2. The molecule has 2 aromatic rings. The lowest BCUT2D eigenvalue weighted by Crippen LogP contribution is -2.34. The average Bonchev–Trinajstić information content (AvgIpc) is 3.08. The van der Waals surface area contributed by atoms with E-state index in [1.54, 1.807) is 37.6 Å². The van der Waals surface area contributed by atoms with Gasteiger partial charge in [0.2, 0.25) is 0 Å². The molecule has 0 bridgehead atoms. The number of allylic oxidation sites excluding steroid dienone is 3. The van der Waals surface area contributed by atoms with Crippen LogP contribution in [0.25, 0.3) is 0 Å². The van der Waals surface area contributed by atoms with Crippen LogP contribution >= 0.6 is 0 Å². The van der Waals surface area contributed by atoms with E-state index in [1.807, 2.05) is 37.3 Å². The molecule has 2 amide bonds. The lowest BCUT2D eigenvalue weighted by atomic mass is 10.0. The summed E-state index contributed by atoms with van der Waals surface area (Å²) in [4.78, 5) is 47.6. The second kappa shape index (κ2) is 19.8. The first-order valence-electron chi connectivity index (χ1n) is 16.0. The second-order valence-electron chi connectivity index (χ2n) is 11.1. The summed E-state index contributed by atoms with van der Waals surface area (Å²) in [5.74, 6) is -0.0205. The van der Waals surface area contributed by atoms with E-state index in [4.69, 9.17) is 19.9 Å². The minimum atomic E-state index is -0.651. The van der Waals surface area contributed by atoms with E-state index in [0.717, 1.165) is 48.9 Å². The molecule has 0 unspecified atom stereocenters. The van der Waals surface area contributed by atoms with Gasteiger partial charge in [-0.25, -0.2) is 9.78 Å². The topological polar surface area (TPSA) is 145 Å². The summed E-state index contributed by atoms with van der Waals surface area (Å²) in [6.07, 6.45) is 10.8. The third-order valence-electron chi connectivity index (χ3n) is 7.45. The first kappa shape index (κ1) is 36.0. The number of carbonyl (C=O) groups is 3. The van der Waals surface area contributed by atoms with Crippen LogP contribution < -0.4 is 16.0 Å². The molecule has 1 aromatic heterocycles. The minimum Gasteiger partial charge on any atom is -0.463 e. The molecule has 0 saturated carbocycles. The van der Waals surface area contributed by atoms with Crippen LogP contribution in [0, 0.1) is 0 Å². The average molecular weight is 634 g/mol. The summed E-state index contributed by atoms with van der Waals surface area (Å²) in [6.45, 7) is 5.23. The molecule has 46 heavy (non-hydrogen) atoms. The number of benzene rings is 1. The van der Waals surface area contributed by atoms with E-state index in [-0.39, 0.29) is 37.4 Å². The third kappa shape index (κ3) is 12.5. The van der Waals surface area contributed by atoms with E-state index in [1.165, 1.54) is 4.90 Å². The molecule has 0 radical (unpaired) electrons. The van der Waals surface area contributed by atoms with E-state index in [0.29, 0.717) is 37.4 Å². The molecule has 1 aromatic carbocycles. The number of carbonyl (C=O) groups excluding carboxylic acids is 3. The Morgan fingerprint density at radius 3 is 2.63 bits per heavy atom. The van der Waals surface area contributed by atoms with Crippen molar-refractivity contribution in [3.05, 3.63) is 83.2 Å². The number of hydrogen-bond acceptors (Lipinski definition) is 8. The second-order valence-corrected chi connectivity index (χ2v) is 11.1. The number of aliphatic imine (C=N–C) groups is 1. The molecule has 0 aliphatic heterocycles. The van der Waals surface area contributed by atoms with E-state index >= 15 is 0 Å². The normalized spacial score (nSPS) is 13.7. The zero-order chi connectivity index (χ0) is 33.1. The maximum atomic E-state index is 13.6. The van der Waals surface area contributed by atoms with Crippen LogP contribution in [0.3, 0.4) is 0 Å². The van der Waals surface area contributed by atoms with Crippen molar-refractivity contribution >= 4 is 29.6 Å². The van der Waals surface area contributed by atoms with Crippen LogP contribution in [0.4, 0.5) is 10.6 Å². The van der Waals surface area contributed by atoms with Crippen molar-refractivity contribution in [3.8, 4) is 0 Å². The van der Waals surface area contributed by atoms with Crippen molar-refractivity contribution in [2.45, 2.75) is 71.3 Å². The molecule has 1 atom stereocenters. The van der Waals surface area contributed by atoms with Crippen molar-refractivity contribution in [2.75, 3.05) is 38.3 Å². The van der Waals surface area contributed by atoms with Gasteiger partial charge in [0.05, 0.1) is 19.1 Å². The highest BCUT2D eigenvalue weighted by Crippen LogP contribution is 2.19. The Kier molecular flexibility index (Phi) is 15.5. The summed E-state index contributed by atoms with van der Waals surface area (Å²) < 4.78 is 15.5. The molecule has 11 nitrogen and oxygen atoms in total. The van der Waals surface area contributed by atoms with Crippen LogP contribution in [-0.4, -0.2) is 68.3 Å². The number of unbranched alkanes of at least 4 members (excludes halogenated alkanes) is 3. The minimum absolute atomic E-state index is 0.0222. The quantitative estimate of drug-likeness (QED) is 0.0940. The maximum absolute atomic E-state index is 13.6. The summed E-state index contributed by atoms with van der Waals surface area (Å²) in [7, 11) is 1.55.